The van der Waals surface area contributed by atoms with Gasteiger partial charge in [-0.15, -0.1) is 0 Å². The molecular formula is C22H16BrN5O5. The largest absolute Gasteiger partial charge is 0.335 e. The SMILES string of the molecule is Cc1nn(-c2cccc([N+](=O)[O-])c2)c(C)c1/C=C1\C(=O)NC(=O)N(c2ccc(Br)cc2)C1=O. The summed E-state index contributed by atoms with van der Waals surface area (Å²) in [6.45, 7) is 3.41. The van der Waals surface area contributed by atoms with Crippen molar-refractivity contribution >= 4 is 51.2 Å². The Morgan fingerprint density at radius 1 is 1.06 bits per heavy atom. The van der Waals surface area contributed by atoms with E-state index in [1.54, 1.807) is 50.2 Å². The van der Waals surface area contributed by atoms with Gasteiger partial charge in [0.05, 0.1) is 22.0 Å². The molecule has 166 valence electrons. The van der Waals surface area contributed by atoms with Crippen LogP contribution in [0, 0.1) is 24.0 Å². The number of aromatic nitrogens is 2. The van der Waals surface area contributed by atoms with Gasteiger partial charge in [0.2, 0.25) is 0 Å². The molecule has 1 aliphatic heterocycles. The lowest BCUT2D eigenvalue weighted by atomic mass is 10.1. The number of carbonyl (C=O) groups is 3. The van der Waals surface area contributed by atoms with Crippen LogP contribution >= 0.6 is 15.9 Å². The van der Waals surface area contributed by atoms with Crippen LogP contribution in [-0.2, 0) is 9.59 Å². The molecule has 2 heterocycles. The van der Waals surface area contributed by atoms with E-state index in [1.807, 2.05) is 0 Å². The Hall–Kier alpha value is -4.12. The monoisotopic (exact) mass is 509 g/mol. The number of anilines is 1. The van der Waals surface area contributed by atoms with E-state index in [0.29, 0.717) is 28.3 Å². The molecule has 0 aliphatic carbocycles. The van der Waals surface area contributed by atoms with Crippen molar-refractivity contribution in [3.05, 3.63) is 85.6 Å². The molecule has 1 N–H and O–H groups in total. The highest BCUT2D eigenvalue weighted by Crippen LogP contribution is 2.26. The van der Waals surface area contributed by atoms with Crippen LogP contribution in [-0.4, -0.2) is 32.5 Å². The molecule has 2 aromatic carbocycles. The molecular weight excluding hydrogens is 494 g/mol. The predicted octanol–water partition coefficient (Wildman–Crippen LogP) is 3.83. The molecule has 1 aliphatic rings. The first-order valence-electron chi connectivity index (χ1n) is 9.65. The molecule has 0 spiro atoms. The van der Waals surface area contributed by atoms with Gasteiger partial charge in [0.25, 0.3) is 17.5 Å². The summed E-state index contributed by atoms with van der Waals surface area (Å²) < 4.78 is 2.26. The molecule has 10 nitrogen and oxygen atoms in total. The summed E-state index contributed by atoms with van der Waals surface area (Å²) in [4.78, 5) is 49.5. The summed E-state index contributed by atoms with van der Waals surface area (Å²) >= 11 is 3.30. The minimum Gasteiger partial charge on any atom is -0.273 e. The van der Waals surface area contributed by atoms with Crippen molar-refractivity contribution in [2.45, 2.75) is 13.8 Å². The van der Waals surface area contributed by atoms with E-state index in [0.717, 1.165) is 9.37 Å². The van der Waals surface area contributed by atoms with E-state index in [4.69, 9.17) is 0 Å². The third-order valence-corrected chi connectivity index (χ3v) is 5.64. The quantitative estimate of drug-likeness (QED) is 0.246. The number of barbiturate groups is 1. The van der Waals surface area contributed by atoms with Crippen LogP contribution in [0.4, 0.5) is 16.2 Å². The zero-order valence-electron chi connectivity index (χ0n) is 17.4. The van der Waals surface area contributed by atoms with Gasteiger partial charge in [0.1, 0.15) is 5.57 Å². The number of urea groups is 1. The van der Waals surface area contributed by atoms with E-state index in [1.165, 1.54) is 22.9 Å². The van der Waals surface area contributed by atoms with E-state index in [-0.39, 0.29) is 11.3 Å². The fourth-order valence-corrected chi connectivity index (χ4v) is 3.74. The third kappa shape index (κ3) is 4.05. The van der Waals surface area contributed by atoms with Crippen LogP contribution in [0.2, 0.25) is 0 Å². The molecule has 1 saturated heterocycles. The van der Waals surface area contributed by atoms with Crippen LogP contribution in [0.15, 0.2) is 58.6 Å². The number of nitro groups is 1. The number of nitrogens with zero attached hydrogens (tertiary/aromatic N) is 4. The average Bonchev–Trinajstić information content (AvgIpc) is 3.05. The highest BCUT2D eigenvalue weighted by Gasteiger charge is 2.37. The van der Waals surface area contributed by atoms with Crippen LogP contribution in [0.25, 0.3) is 11.8 Å². The van der Waals surface area contributed by atoms with Crippen molar-refractivity contribution in [1.82, 2.24) is 15.1 Å². The van der Waals surface area contributed by atoms with Gasteiger partial charge in [-0.3, -0.25) is 25.0 Å². The molecule has 0 radical (unpaired) electrons. The second-order valence-corrected chi connectivity index (χ2v) is 8.12. The summed E-state index contributed by atoms with van der Waals surface area (Å²) in [6.07, 6.45) is 1.38. The molecule has 1 fully saturated rings. The lowest BCUT2D eigenvalue weighted by Crippen LogP contribution is -2.54. The van der Waals surface area contributed by atoms with Gasteiger partial charge in [-0.25, -0.2) is 14.4 Å². The Morgan fingerprint density at radius 2 is 1.76 bits per heavy atom. The minimum atomic E-state index is -0.842. The molecule has 4 amide bonds. The number of non-ortho nitro benzene ring substituents is 1. The highest BCUT2D eigenvalue weighted by atomic mass is 79.9. The number of nitrogens with one attached hydrogen (secondary N) is 1. The molecule has 33 heavy (non-hydrogen) atoms. The van der Waals surface area contributed by atoms with Crippen molar-refractivity contribution in [2.24, 2.45) is 0 Å². The van der Waals surface area contributed by atoms with Gasteiger partial charge in [-0.1, -0.05) is 22.0 Å². The maximum absolute atomic E-state index is 13.1. The van der Waals surface area contributed by atoms with Crippen molar-refractivity contribution in [3.63, 3.8) is 0 Å². The van der Waals surface area contributed by atoms with Crippen LogP contribution in [0.1, 0.15) is 17.0 Å². The van der Waals surface area contributed by atoms with Crippen molar-refractivity contribution in [3.8, 4) is 5.69 Å². The number of imide groups is 2. The lowest BCUT2D eigenvalue weighted by Gasteiger charge is -2.26. The van der Waals surface area contributed by atoms with Crippen molar-refractivity contribution in [1.29, 1.82) is 0 Å². The van der Waals surface area contributed by atoms with Gasteiger partial charge in [0, 0.05) is 27.9 Å². The van der Waals surface area contributed by atoms with Gasteiger partial charge >= 0.3 is 6.03 Å². The van der Waals surface area contributed by atoms with Crippen molar-refractivity contribution in [2.75, 3.05) is 4.90 Å². The second-order valence-electron chi connectivity index (χ2n) is 7.21. The predicted molar refractivity (Wildman–Crippen MR) is 123 cm³/mol. The summed E-state index contributed by atoms with van der Waals surface area (Å²) in [6, 6.07) is 11.6. The molecule has 0 atom stereocenters. The maximum atomic E-state index is 13.1. The van der Waals surface area contributed by atoms with E-state index >= 15 is 0 Å². The third-order valence-electron chi connectivity index (χ3n) is 5.11. The van der Waals surface area contributed by atoms with Gasteiger partial charge in [-0.05, 0) is 50.3 Å². The van der Waals surface area contributed by atoms with Crippen molar-refractivity contribution < 1.29 is 19.3 Å². The van der Waals surface area contributed by atoms with Gasteiger partial charge in [0.15, 0.2) is 0 Å². The number of carbonyl (C=O) groups excluding carboxylic acids is 3. The first-order chi connectivity index (χ1) is 15.7. The van der Waals surface area contributed by atoms with Gasteiger partial charge < -0.3 is 0 Å². The zero-order chi connectivity index (χ0) is 23.9. The molecule has 11 heteroatoms. The standard InChI is InChI=1S/C22H16BrN5O5/c1-12-18(13(2)27(25-12)16-4-3-5-17(10-16)28(32)33)11-19-20(29)24-22(31)26(21(19)30)15-8-6-14(23)7-9-15/h3-11H,1-2H3,(H,24,29,31)/b19-11+. The second kappa shape index (κ2) is 8.43. The fourth-order valence-electron chi connectivity index (χ4n) is 3.48. The first-order valence-corrected chi connectivity index (χ1v) is 10.4. The van der Waals surface area contributed by atoms with E-state index in [2.05, 4.69) is 26.3 Å². The van der Waals surface area contributed by atoms with Crippen LogP contribution in [0.5, 0.6) is 0 Å². The minimum absolute atomic E-state index is 0.0922. The Labute approximate surface area is 195 Å². The lowest BCUT2D eigenvalue weighted by molar-refractivity contribution is -0.384. The number of nitro benzene ring substituents is 1. The summed E-state index contributed by atoms with van der Waals surface area (Å²) in [7, 11) is 0. The Kier molecular flexibility index (Phi) is 5.64. The Morgan fingerprint density at radius 3 is 2.42 bits per heavy atom. The molecule has 0 bridgehead atoms. The molecule has 4 rings (SSSR count). The summed E-state index contributed by atoms with van der Waals surface area (Å²) in [5, 5.41) is 17.7. The van der Waals surface area contributed by atoms with Crippen LogP contribution in [0.3, 0.4) is 0 Å². The number of hydrogen-bond donors (Lipinski definition) is 1. The zero-order valence-corrected chi connectivity index (χ0v) is 19.0. The fraction of sp³-hybridized carbons (Fsp3) is 0.0909. The van der Waals surface area contributed by atoms with Crippen LogP contribution < -0.4 is 10.2 Å². The maximum Gasteiger partial charge on any atom is 0.335 e. The topological polar surface area (TPSA) is 127 Å². The number of amides is 4. The molecule has 0 unspecified atom stereocenters. The van der Waals surface area contributed by atoms with E-state index in [9.17, 15) is 24.5 Å². The van der Waals surface area contributed by atoms with E-state index < -0.39 is 22.8 Å². The number of halogens is 1. The normalized spacial score (nSPS) is 15.2. The number of aryl methyl sites for hydroxylation is 1. The Bertz CT molecular complexity index is 1360. The summed E-state index contributed by atoms with van der Waals surface area (Å²) in [5.41, 5.74) is 1.99. The number of benzene rings is 2. The molecule has 1 aromatic heterocycles. The number of rotatable bonds is 4. The molecule has 3 aromatic rings. The van der Waals surface area contributed by atoms with Gasteiger partial charge in [-0.2, -0.15) is 5.10 Å². The number of hydrogen-bond acceptors (Lipinski definition) is 6. The highest BCUT2D eigenvalue weighted by molar-refractivity contribution is 9.10. The first kappa shape index (κ1) is 22.1. The smallest absolute Gasteiger partial charge is 0.273 e. The average molecular weight is 510 g/mol. The summed E-state index contributed by atoms with van der Waals surface area (Å²) in [5.74, 6) is -1.59. The molecule has 0 saturated carbocycles. The Balaban J connectivity index is 1.76.